The van der Waals surface area contributed by atoms with Crippen molar-refractivity contribution in [2.24, 2.45) is 17.4 Å². The zero-order valence-corrected chi connectivity index (χ0v) is 22.2. The van der Waals surface area contributed by atoms with Crippen LogP contribution in [0.15, 0.2) is 48.5 Å². The summed E-state index contributed by atoms with van der Waals surface area (Å²) in [6.45, 7) is 3.58. The van der Waals surface area contributed by atoms with Gasteiger partial charge in [-0.25, -0.2) is 4.79 Å². The summed E-state index contributed by atoms with van der Waals surface area (Å²) in [6.07, 6.45) is 0.746. The van der Waals surface area contributed by atoms with Gasteiger partial charge in [-0.2, -0.15) is 0 Å². The molecule has 4 atom stereocenters. The number of benzene rings is 2. The highest BCUT2D eigenvalue weighted by molar-refractivity contribution is 6.30. The molecule has 7 N–H and O–H groups in total. The van der Waals surface area contributed by atoms with Crippen molar-refractivity contribution in [3.63, 3.8) is 0 Å². The van der Waals surface area contributed by atoms with Gasteiger partial charge in [-0.05, 0) is 42.5 Å². The molecule has 0 spiro atoms. The van der Waals surface area contributed by atoms with Gasteiger partial charge in [0.1, 0.15) is 24.4 Å². The number of carbonyl (C=O) groups excluding carboxylic acids is 3. The highest BCUT2D eigenvalue weighted by atomic mass is 35.5. The Morgan fingerprint density at radius 3 is 2.37 bits per heavy atom. The first-order chi connectivity index (χ1) is 18.0. The Morgan fingerprint density at radius 2 is 1.76 bits per heavy atom. The van der Waals surface area contributed by atoms with Crippen molar-refractivity contribution >= 4 is 35.3 Å². The van der Waals surface area contributed by atoms with Crippen molar-refractivity contribution in [2.75, 3.05) is 6.61 Å². The molecule has 2 aromatic rings. The number of hydrogen-bond donors (Lipinski definition) is 5. The number of nitrogens with one attached hydrogen (secondary N) is 2. The number of primary amides is 1. The minimum absolute atomic E-state index is 0.0925. The summed E-state index contributed by atoms with van der Waals surface area (Å²) in [6, 6.07) is 11.3. The van der Waals surface area contributed by atoms with Gasteiger partial charge in [0.05, 0.1) is 5.56 Å². The van der Waals surface area contributed by atoms with Crippen molar-refractivity contribution in [1.29, 1.82) is 0 Å². The van der Waals surface area contributed by atoms with Crippen molar-refractivity contribution < 1.29 is 29.0 Å². The van der Waals surface area contributed by atoms with E-state index >= 15 is 0 Å². The van der Waals surface area contributed by atoms with Gasteiger partial charge in [0.25, 0.3) is 5.91 Å². The summed E-state index contributed by atoms with van der Waals surface area (Å²) in [5.41, 5.74) is 12.6. The molecule has 0 aliphatic carbocycles. The monoisotopic (exact) mass is 546 g/mol. The van der Waals surface area contributed by atoms with Gasteiger partial charge < -0.3 is 31.9 Å². The van der Waals surface area contributed by atoms with Crippen LogP contribution in [-0.2, 0) is 20.8 Å². The lowest BCUT2D eigenvalue weighted by Gasteiger charge is -2.24. The Morgan fingerprint density at radius 1 is 1.08 bits per heavy atom. The molecule has 0 aliphatic heterocycles. The number of carboxylic acids is 1. The molecule has 3 amide bonds. The van der Waals surface area contributed by atoms with Gasteiger partial charge >= 0.3 is 5.97 Å². The van der Waals surface area contributed by atoms with Crippen LogP contribution in [-0.4, -0.2) is 53.5 Å². The van der Waals surface area contributed by atoms with E-state index in [1.807, 2.05) is 30.3 Å². The van der Waals surface area contributed by atoms with Crippen LogP contribution in [0.5, 0.6) is 5.75 Å². The second kappa shape index (κ2) is 14.9. The van der Waals surface area contributed by atoms with Gasteiger partial charge in [0.2, 0.25) is 11.8 Å². The van der Waals surface area contributed by atoms with E-state index in [9.17, 15) is 24.3 Å². The molecule has 2 aromatic carbocycles. The maximum Gasteiger partial charge on any atom is 0.326 e. The fourth-order valence-corrected chi connectivity index (χ4v) is 3.87. The Hall–Kier alpha value is -3.63. The van der Waals surface area contributed by atoms with Gasteiger partial charge in [-0.15, -0.1) is 0 Å². The van der Waals surface area contributed by atoms with E-state index in [2.05, 4.69) is 10.6 Å². The highest BCUT2D eigenvalue weighted by Crippen LogP contribution is 2.24. The molecule has 0 unspecified atom stereocenters. The predicted molar refractivity (Wildman–Crippen MR) is 144 cm³/mol. The number of rotatable bonds is 15. The van der Waals surface area contributed by atoms with Crippen molar-refractivity contribution in [2.45, 2.75) is 57.7 Å². The number of carboxylic acid groups (broad SMARTS) is 1. The Labute approximate surface area is 227 Å². The van der Waals surface area contributed by atoms with Gasteiger partial charge in [-0.3, -0.25) is 14.4 Å². The molecule has 206 valence electrons. The maximum absolute atomic E-state index is 13.2. The number of nitrogens with two attached hydrogens (primary N) is 2. The van der Waals surface area contributed by atoms with Crippen LogP contribution < -0.4 is 26.8 Å². The van der Waals surface area contributed by atoms with Crippen LogP contribution >= 0.6 is 11.6 Å². The summed E-state index contributed by atoms with van der Waals surface area (Å²) < 4.78 is 5.83. The third-order valence-corrected chi connectivity index (χ3v) is 6.30. The lowest BCUT2D eigenvalue weighted by atomic mass is 9.98. The van der Waals surface area contributed by atoms with Crippen molar-refractivity contribution in [1.82, 2.24) is 10.6 Å². The molecular formula is C27H35ClN4O6. The standard InChI is InChI=1S/C27H35ClN4O6/c1-3-16(2)24(27(36)37)32-26(35)21(11-12-23(30)33)31-25(34)20-10-9-18(28)14-22(20)38-15-19(29)13-17-7-5-4-6-8-17/h4-10,14,16,19,21,24H,3,11-13,15,29H2,1-2H3,(H2,30,33)(H,31,34)(H,32,35)(H,36,37)/t16-,19-,21-,24-/m0/s1. The number of hydrogen-bond acceptors (Lipinski definition) is 6. The minimum Gasteiger partial charge on any atom is -0.491 e. The lowest BCUT2D eigenvalue weighted by Crippen LogP contribution is -2.53. The topological polar surface area (TPSA) is 174 Å². The second-order valence-corrected chi connectivity index (χ2v) is 9.58. The lowest BCUT2D eigenvalue weighted by molar-refractivity contribution is -0.143. The first-order valence-electron chi connectivity index (χ1n) is 12.4. The van der Waals surface area contributed by atoms with E-state index in [0.29, 0.717) is 17.9 Å². The number of amides is 3. The summed E-state index contributed by atoms with van der Waals surface area (Å²) in [7, 11) is 0. The smallest absolute Gasteiger partial charge is 0.326 e. The zero-order chi connectivity index (χ0) is 28.2. The van der Waals surface area contributed by atoms with E-state index in [0.717, 1.165) is 5.56 Å². The second-order valence-electron chi connectivity index (χ2n) is 9.14. The van der Waals surface area contributed by atoms with Crippen molar-refractivity contribution in [3.05, 3.63) is 64.7 Å². The number of ether oxygens (including phenoxy) is 1. The molecule has 0 saturated carbocycles. The third-order valence-electron chi connectivity index (χ3n) is 6.06. The quantitative estimate of drug-likeness (QED) is 0.228. The molecule has 0 heterocycles. The Bertz CT molecular complexity index is 1110. The van der Waals surface area contributed by atoms with Crippen LogP contribution in [0.3, 0.4) is 0 Å². The molecule has 2 rings (SSSR count). The molecule has 0 radical (unpaired) electrons. The third kappa shape index (κ3) is 9.68. The average molecular weight is 547 g/mol. The van der Waals surface area contributed by atoms with Gasteiger partial charge in [-0.1, -0.05) is 62.2 Å². The maximum atomic E-state index is 13.2. The number of carbonyl (C=O) groups is 4. The van der Waals surface area contributed by atoms with E-state index in [4.69, 9.17) is 27.8 Å². The SMILES string of the molecule is CC[C@H](C)[C@H](NC(=O)[C@H](CCC(N)=O)NC(=O)c1ccc(Cl)cc1OC[C@@H](N)Cc1ccccc1)C(=O)O. The zero-order valence-electron chi connectivity index (χ0n) is 21.5. The highest BCUT2D eigenvalue weighted by Gasteiger charge is 2.30. The molecule has 0 aliphatic rings. The van der Waals surface area contributed by atoms with Gasteiger partial charge in [0, 0.05) is 17.5 Å². The fraction of sp³-hybridized carbons (Fsp3) is 0.407. The molecule has 0 fully saturated rings. The Kier molecular flexibility index (Phi) is 12.0. The fourth-order valence-electron chi connectivity index (χ4n) is 3.70. The van der Waals surface area contributed by atoms with Crippen LogP contribution in [0, 0.1) is 5.92 Å². The first-order valence-corrected chi connectivity index (χ1v) is 12.7. The molecule has 0 aromatic heterocycles. The van der Waals surface area contributed by atoms with Crippen LogP contribution in [0.25, 0.3) is 0 Å². The van der Waals surface area contributed by atoms with E-state index in [1.54, 1.807) is 13.8 Å². The largest absolute Gasteiger partial charge is 0.491 e. The van der Waals surface area contributed by atoms with Crippen molar-refractivity contribution in [3.8, 4) is 5.75 Å². The normalized spacial score (nSPS) is 14.0. The van der Waals surface area contributed by atoms with Gasteiger partial charge in [0.15, 0.2) is 0 Å². The van der Waals surface area contributed by atoms with Crippen LogP contribution in [0.1, 0.15) is 49.0 Å². The molecule has 10 nitrogen and oxygen atoms in total. The summed E-state index contributed by atoms with van der Waals surface area (Å²) >= 11 is 6.12. The summed E-state index contributed by atoms with van der Waals surface area (Å²) in [5, 5.41) is 14.9. The van der Waals surface area contributed by atoms with E-state index in [1.165, 1.54) is 18.2 Å². The molecular weight excluding hydrogens is 512 g/mol. The Balaban J connectivity index is 2.18. The molecule has 0 saturated heterocycles. The first kappa shape index (κ1) is 30.6. The average Bonchev–Trinajstić information content (AvgIpc) is 2.88. The summed E-state index contributed by atoms with van der Waals surface area (Å²) in [4.78, 5) is 49.2. The van der Waals surface area contributed by atoms with Crippen LogP contribution in [0.4, 0.5) is 0 Å². The van der Waals surface area contributed by atoms with Crippen LogP contribution in [0.2, 0.25) is 5.02 Å². The molecule has 38 heavy (non-hydrogen) atoms. The van der Waals surface area contributed by atoms with E-state index in [-0.39, 0.29) is 42.7 Å². The summed E-state index contributed by atoms with van der Waals surface area (Å²) in [5.74, 6) is -3.48. The molecule has 0 bridgehead atoms. The predicted octanol–water partition coefficient (Wildman–Crippen LogP) is 2.27. The number of halogens is 1. The number of aliphatic carboxylic acids is 1. The molecule has 11 heteroatoms. The minimum atomic E-state index is -1.22. The van der Waals surface area contributed by atoms with E-state index < -0.39 is 35.8 Å².